The van der Waals surface area contributed by atoms with Crippen molar-refractivity contribution in [1.29, 1.82) is 0 Å². The summed E-state index contributed by atoms with van der Waals surface area (Å²) in [5, 5.41) is 11.3. The van der Waals surface area contributed by atoms with Crippen molar-refractivity contribution in [3.8, 4) is 0 Å². The molecule has 0 spiro atoms. The molecule has 0 aliphatic rings. The lowest BCUT2D eigenvalue weighted by Crippen LogP contribution is -2.44. The molecule has 1 heterocycles. The Morgan fingerprint density at radius 3 is 2.44 bits per heavy atom. The van der Waals surface area contributed by atoms with Gasteiger partial charge in [-0.1, -0.05) is 13.8 Å². The summed E-state index contributed by atoms with van der Waals surface area (Å²) in [6.07, 6.45) is 1.46. The van der Waals surface area contributed by atoms with Gasteiger partial charge in [0.25, 0.3) is 11.5 Å². The molecule has 98 valence electrons. The zero-order valence-electron chi connectivity index (χ0n) is 10.5. The summed E-state index contributed by atoms with van der Waals surface area (Å²) >= 11 is 0. The van der Waals surface area contributed by atoms with E-state index in [1.165, 1.54) is 22.9 Å². The predicted molar refractivity (Wildman–Crippen MR) is 65.4 cm³/mol. The van der Waals surface area contributed by atoms with Crippen molar-refractivity contribution < 1.29 is 14.7 Å². The maximum absolute atomic E-state index is 11.8. The van der Waals surface area contributed by atoms with Gasteiger partial charge in [0, 0.05) is 24.9 Å². The lowest BCUT2D eigenvalue weighted by atomic mass is 10.0. The van der Waals surface area contributed by atoms with Crippen molar-refractivity contribution >= 4 is 11.9 Å². The number of carbonyl (C=O) groups is 2. The smallest absolute Gasteiger partial charge is 0.326 e. The molecule has 18 heavy (non-hydrogen) atoms. The Hall–Kier alpha value is -2.11. The number of aryl methyl sites for hydroxylation is 1. The van der Waals surface area contributed by atoms with Gasteiger partial charge in [0.2, 0.25) is 0 Å². The van der Waals surface area contributed by atoms with Crippen LogP contribution in [0.5, 0.6) is 0 Å². The molecular weight excluding hydrogens is 236 g/mol. The van der Waals surface area contributed by atoms with E-state index in [1.54, 1.807) is 20.9 Å². The van der Waals surface area contributed by atoms with Crippen LogP contribution in [0.1, 0.15) is 24.2 Å². The highest BCUT2D eigenvalue weighted by Crippen LogP contribution is 2.04. The third-order valence-corrected chi connectivity index (χ3v) is 2.59. The molecule has 0 unspecified atom stereocenters. The molecule has 0 fully saturated rings. The number of pyridine rings is 1. The second-order valence-electron chi connectivity index (χ2n) is 4.40. The Balaban J connectivity index is 2.91. The number of nitrogens with one attached hydrogen (secondary N) is 1. The lowest BCUT2D eigenvalue weighted by molar-refractivity contribution is -0.140. The van der Waals surface area contributed by atoms with E-state index in [-0.39, 0.29) is 17.0 Å². The highest BCUT2D eigenvalue weighted by Gasteiger charge is 2.23. The Labute approximate surface area is 104 Å². The van der Waals surface area contributed by atoms with Gasteiger partial charge < -0.3 is 15.0 Å². The summed E-state index contributed by atoms with van der Waals surface area (Å²) in [4.78, 5) is 34.1. The van der Waals surface area contributed by atoms with Crippen LogP contribution in [-0.2, 0) is 11.8 Å². The van der Waals surface area contributed by atoms with Crippen molar-refractivity contribution in [2.45, 2.75) is 19.9 Å². The first-order chi connectivity index (χ1) is 8.32. The number of hydrogen-bond acceptors (Lipinski definition) is 3. The number of nitrogens with zero attached hydrogens (tertiary/aromatic N) is 1. The predicted octanol–water partition coefficient (Wildman–Crippen LogP) is 0.224. The summed E-state index contributed by atoms with van der Waals surface area (Å²) in [6.45, 7) is 3.40. The standard InChI is InChI=1S/C12H16N2O4/c1-7(2)10(12(17)18)13-11(16)8-4-5-14(3)9(15)6-8/h4-7,10H,1-3H3,(H,13,16)(H,17,18)/t10-/m1/s1. The van der Waals surface area contributed by atoms with Crippen LogP contribution in [-0.4, -0.2) is 27.6 Å². The van der Waals surface area contributed by atoms with Crippen molar-refractivity contribution in [3.63, 3.8) is 0 Å². The van der Waals surface area contributed by atoms with E-state index in [9.17, 15) is 14.4 Å². The van der Waals surface area contributed by atoms with E-state index in [0.717, 1.165) is 0 Å². The molecule has 0 radical (unpaired) electrons. The first kappa shape index (κ1) is 14.0. The van der Waals surface area contributed by atoms with Gasteiger partial charge in [-0.25, -0.2) is 4.79 Å². The van der Waals surface area contributed by atoms with Crippen molar-refractivity contribution in [3.05, 3.63) is 34.2 Å². The number of aliphatic carboxylic acids is 1. The van der Waals surface area contributed by atoms with Crippen LogP contribution in [0.25, 0.3) is 0 Å². The SMILES string of the molecule is CC(C)[C@@H](NC(=O)c1ccn(C)c(=O)c1)C(=O)O. The third-order valence-electron chi connectivity index (χ3n) is 2.59. The van der Waals surface area contributed by atoms with Gasteiger partial charge in [0.1, 0.15) is 6.04 Å². The highest BCUT2D eigenvalue weighted by molar-refractivity contribution is 5.96. The average molecular weight is 252 g/mol. The summed E-state index contributed by atoms with van der Waals surface area (Å²) < 4.78 is 1.33. The molecule has 0 aliphatic heterocycles. The molecule has 1 atom stereocenters. The van der Waals surface area contributed by atoms with Gasteiger partial charge >= 0.3 is 5.97 Å². The van der Waals surface area contributed by atoms with Crippen LogP contribution in [0.4, 0.5) is 0 Å². The van der Waals surface area contributed by atoms with E-state index in [4.69, 9.17) is 5.11 Å². The number of carboxylic acids is 1. The number of carboxylic acid groups (broad SMARTS) is 1. The Kier molecular flexibility index (Phi) is 4.25. The summed E-state index contributed by atoms with van der Waals surface area (Å²) in [5.74, 6) is -1.89. The second-order valence-corrected chi connectivity index (χ2v) is 4.40. The molecule has 6 heteroatoms. The summed E-state index contributed by atoms with van der Waals surface area (Å²) in [6, 6.07) is 1.67. The number of amides is 1. The van der Waals surface area contributed by atoms with Gasteiger partial charge in [-0.2, -0.15) is 0 Å². The molecule has 2 N–H and O–H groups in total. The first-order valence-corrected chi connectivity index (χ1v) is 5.53. The molecule has 1 aromatic rings. The molecule has 0 saturated heterocycles. The van der Waals surface area contributed by atoms with E-state index in [1.807, 2.05) is 0 Å². The second kappa shape index (κ2) is 5.48. The Morgan fingerprint density at radius 1 is 1.39 bits per heavy atom. The van der Waals surface area contributed by atoms with Crippen molar-refractivity contribution in [2.24, 2.45) is 13.0 Å². The molecule has 0 aromatic carbocycles. The van der Waals surface area contributed by atoms with E-state index in [0.29, 0.717) is 0 Å². The fourth-order valence-corrected chi connectivity index (χ4v) is 1.43. The normalized spacial score (nSPS) is 12.2. The number of aromatic nitrogens is 1. The zero-order chi connectivity index (χ0) is 13.9. The van der Waals surface area contributed by atoms with Gasteiger partial charge in [-0.15, -0.1) is 0 Å². The lowest BCUT2D eigenvalue weighted by Gasteiger charge is -2.17. The minimum absolute atomic E-state index is 0.157. The van der Waals surface area contributed by atoms with E-state index < -0.39 is 17.9 Å². The monoisotopic (exact) mass is 252 g/mol. The molecule has 0 aliphatic carbocycles. The Bertz CT molecular complexity index is 519. The number of hydrogen-bond donors (Lipinski definition) is 2. The molecule has 6 nitrogen and oxygen atoms in total. The van der Waals surface area contributed by atoms with E-state index in [2.05, 4.69) is 5.32 Å². The van der Waals surface area contributed by atoms with Crippen LogP contribution in [0.2, 0.25) is 0 Å². The van der Waals surface area contributed by atoms with Gasteiger partial charge in [-0.05, 0) is 12.0 Å². The Morgan fingerprint density at radius 2 is 2.00 bits per heavy atom. The molecule has 1 amide bonds. The highest BCUT2D eigenvalue weighted by atomic mass is 16.4. The van der Waals surface area contributed by atoms with Gasteiger partial charge in [-0.3, -0.25) is 9.59 Å². The topological polar surface area (TPSA) is 88.4 Å². The quantitative estimate of drug-likeness (QED) is 0.802. The average Bonchev–Trinajstić information content (AvgIpc) is 2.28. The number of rotatable bonds is 4. The molecule has 1 rings (SSSR count). The fourth-order valence-electron chi connectivity index (χ4n) is 1.43. The zero-order valence-corrected chi connectivity index (χ0v) is 10.5. The van der Waals surface area contributed by atoms with Crippen molar-refractivity contribution in [1.82, 2.24) is 9.88 Å². The van der Waals surface area contributed by atoms with Gasteiger partial charge in [0.05, 0.1) is 0 Å². The van der Waals surface area contributed by atoms with Crippen LogP contribution in [0.15, 0.2) is 23.1 Å². The third kappa shape index (κ3) is 3.19. The summed E-state index contributed by atoms with van der Waals surface area (Å²) in [7, 11) is 1.57. The largest absolute Gasteiger partial charge is 0.480 e. The minimum Gasteiger partial charge on any atom is -0.480 e. The minimum atomic E-state index is -1.10. The molecule has 0 saturated carbocycles. The first-order valence-electron chi connectivity index (χ1n) is 5.53. The van der Waals surface area contributed by atoms with Crippen molar-refractivity contribution in [2.75, 3.05) is 0 Å². The summed E-state index contributed by atoms with van der Waals surface area (Å²) in [5.41, 5.74) is -0.163. The van der Waals surface area contributed by atoms with E-state index >= 15 is 0 Å². The number of carbonyl (C=O) groups excluding carboxylic acids is 1. The van der Waals surface area contributed by atoms with Gasteiger partial charge in [0.15, 0.2) is 0 Å². The van der Waals surface area contributed by atoms with Crippen LogP contribution < -0.4 is 10.9 Å². The van der Waals surface area contributed by atoms with Crippen LogP contribution >= 0.6 is 0 Å². The van der Waals surface area contributed by atoms with Crippen LogP contribution in [0.3, 0.4) is 0 Å². The molecule has 0 bridgehead atoms. The molecular formula is C12H16N2O4. The maximum atomic E-state index is 11.8. The molecule has 1 aromatic heterocycles. The van der Waals surface area contributed by atoms with Crippen LogP contribution in [0, 0.1) is 5.92 Å². The maximum Gasteiger partial charge on any atom is 0.326 e. The fraction of sp³-hybridized carbons (Fsp3) is 0.417.